The molecule has 0 fully saturated rings. The van der Waals surface area contributed by atoms with Crippen LogP contribution in [0.15, 0.2) is 30.3 Å². The molecule has 1 aromatic carbocycles. The van der Waals surface area contributed by atoms with Gasteiger partial charge >= 0.3 is 18.2 Å². The quantitative estimate of drug-likeness (QED) is 0.724. The second-order valence-corrected chi connectivity index (χ2v) is 6.46. The zero-order chi connectivity index (χ0) is 19.0. The van der Waals surface area contributed by atoms with Gasteiger partial charge in [-0.2, -0.15) is 0 Å². The predicted molar refractivity (Wildman–Crippen MR) is 90.0 cm³/mol. The van der Waals surface area contributed by atoms with Crippen molar-refractivity contribution in [3.63, 3.8) is 0 Å². The van der Waals surface area contributed by atoms with Crippen LogP contribution < -0.4 is 10.6 Å². The Hall–Kier alpha value is -2.77. The van der Waals surface area contributed by atoms with Crippen molar-refractivity contribution in [3.8, 4) is 0 Å². The van der Waals surface area contributed by atoms with E-state index in [1.165, 1.54) is 6.92 Å². The lowest BCUT2D eigenvalue weighted by molar-refractivity contribution is -0.140. The first kappa shape index (κ1) is 20.3. The number of rotatable bonds is 6. The van der Waals surface area contributed by atoms with E-state index in [4.69, 9.17) is 9.47 Å². The van der Waals surface area contributed by atoms with Gasteiger partial charge in [0.25, 0.3) is 0 Å². The average molecular weight is 352 g/mol. The van der Waals surface area contributed by atoms with Crippen molar-refractivity contribution in [2.45, 2.75) is 52.0 Å². The molecule has 2 amide bonds. The van der Waals surface area contributed by atoms with Crippen molar-refractivity contribution >= 4 is 18.2 Å². The van der Waals surface area contributed by atoms with Crippen LogP contribution in [-0.4, -0.2) is 40.9 Å². The molecule has 8 nitrogen and oxygen atoms in total. The highest BCUT2D eigenvalue weighted by Crippen LogP contribution is 2.07. The van der Waals surface area contributed by atoms with E-state index in [0.29, 0.717) is 0 Å². The van der Waals surface area contributed by atoms with E-state index in [9.17, 15) is 19.5 Å². The van der Waals surface area contributed by atoms with Crippen molar-refractivity contribution in [2.75, 3.05) is 0 Å². The third kappa shape index (κ3) is 8.05. The number of ether oxygens (including phenoxy) is 2. The van der Waals surface area contributed by atoms with Crippen molar-refractivity contribution in [3.05, 3.63) is 35.9 Å². The standard InChI is InChI=1S/C17H24N2O6/c1-11(13(14(20)21)19-16(23)25-17(2,3)4)18-15(22)24-10-12-8-6-5-7-9-12/h5-9,11,13H,10H2,1-4H3,(H,18,22)(H,19,23)(H,20,21). The van der Waals surface area contributed by atoms with Crippen molar-refractivity contribution in [2.24, 2.45) is 0 Å². The summed E-state index contributed by atoms with van der Waals surface area (Å²) < 4.78 is 10.0. The van der Waals surface area contributed by atoms with Gasteiger partial charge in [0.2, 0.25) is 0 Å². The molecule has 25 heavy (non-hydrogen) atoms. The molecule has 0 saturated heterocycles. The second kappa shape index (κ2) is 8.91. The lowest BCUT2D eigenvalue weighted by atomic mass is 10.1. The van der Waals surface area contributed by atoms with Crippen LogP contribution in [0.4, 0.5) is 9.59 Å². The monoisotopic (exact) mass is 352 g/mol. The van der Waals surface area contributed by atoms with E-state index in [-0.39, 0.29) is 6.61 Å². The van der Waals surface area contributed by atoms with Crippen LogP contribution in [-0.2, 0) is 20.9 Å². The summed E-state index contributed by atoms with van der Waals surface area (Å²) in [4.78, 5) is 34.9. The SMILES string of the molecule is CC(NC(=O)OCc1ccccc1)C(NC(=O)OC(C)(C)C)C(=O)O. The smallest absolute Gasteiger partial charge is 0.408 e. The van der Waals surface area contributed by atoms with E-state index < -0.39 is 35.8 Å². The lowest BCUT2D eigenvalue weighted by Crippen LogP contribution is -2.55. The van der Waals surface area contributed by atoms with Crippen LogP contribution >= 0.6 is 0 Å². The van der Waals surface area contributed by atoms with Crippen molar-refractivity contribution in [1.82, 2.24) is 10.6 Å². The average Bonchev–Trinajstić information content (AvgIpc) is 2.49. The molecule has 2 atom stereocenters. The summed E-state index contributed by atoms with van der Waals surface area (Å²) in [6.45, 7) is 6.47. The first-order chi connectivity index (χ1) is 11.6. The summed E-state index contributed by atoms with van der Waals surface area (Å²) in [6, 6.07) is 6.77. The minimum Gasteiger partial charge on any atom is -0.480 e. The number of nitrogens with one attached hydrogen (secondary N) is 2. The summed E-state index contributed by atoms with van der Waals surface area (Å²) >= 11 is 0. The molecule has 0 heterocycles. The van der Waals surface area contributed by atoms with Gasteiger partial charge in [-0.05, 0) is 33.3 Å². The van der Waals surface area contributed by atoms with Crippen molar-refractivity contribution < 1.29 is 29.0 Å². The number of aliphatic carboxylic acids is 1. The number of amides is 2. The summed E-state index contributed by atoms with van der Waals surface area (Å²) in [5.41, 5.74) is 0.0327. The van der Waals surface area contributed by atoms with Crippen molar-refractivity contribution in [1.29, 1.82) is 0 Å². The number of carboxylic acid groups (broad SMARTS) is 1. The second-order valence-electron chi connectivity index (χ2n) is 6.46. The molecule has 0 aromatic heterocycles. The largest absolute Gasteiger partial charge is 0.480 e. The minimum absolute atomic E-state index is 0.0522. The number of alkyl carbamates (subject to hydrolysis) is 2. The molecule has 3 N–H and O–H groups in total. The molecule has 0 aliphatic rings. The Bertz CT molecular complexity index is 597. The summed E-state index contributed by atoms with van der Waals surface area (Å²) in [6.07, 6.45) is -1.67. The van der Waals surface area contributed by atoms with E-state index in [0.717, 1.165) is 5.56 Å². The Kier molecular flexibility index (Phi) is 7.22. The Morgan fingerprint density at radius 2 is 1.68 bits per heavy atom. The zero-order valence-corrected chi connectivity index (χ0v) is 14.7. The molecule has 0 radical (unpaired) electrons. The van der Waals surface area contributed by atoms with Crippen LogP contribution in [0.1, 0.15) is 33.3 Å². The Morgan fingerprint density at radius 3 is 2.20 bits per heavy atom. The third-order valence-electron chi connectivity index (χ3n) is 3.00. The van der Waals surface area contributed by atoms with Crippen LogP contribution in [0.3, 0.4) is 0 Å². The molecule has 1 rings (SSSR count). The predicted octanol–water partition coefficient (Wildman–Crippen LogP) is 2.28. The highest BCUT2D eigenvalue weighted by Gasteiger charge is 2.30. The molecule has 138 valence electrons. The molecule has 8 heteroatoms. The van der Waals surface area contributed by atoms with Gasteiger partial charge in [-0.3, -0.25) is 0 Å². The minimum atomic E-state index is -1.36. The van der Waals surface area contributed by atoms with Gasteiger partial charge in [-0.25, -0.2) is 14.4 Å². The van der Waals surface area contributed by atoms with Gasteiger partial charge in [0.1, 0.15) is 18.2 Å². The maximum absolute atomic E-state index is 11.8. The molecular formula is C17H24N2O6. The maximum atomic E-state index is 11.8. The fourth-order valence-corrected chi connectivity index (χ4v) is 1.87. The molecular weight excluding hydrogens is 328 g/mol. The molecule has 1 aromatic rings. The summed E-state index contributed by atoms with van der Waals surface area (Å²) in [5, 5.41) is 13.9. The number of benzene rings is 1. The summed E-state index contributed by atoms with van der Waals surface area (Å²) in [5.74, 6) is -1.30. The fraction of sp³-hybridized carbons (Fsp3) is 0.471. The number of carbonyl (C=O) groups is 3. The van der Waals surface area contributed by atoms with Gasteiger partial charge in [-0.1, -0.05) is 30.3 Å². The van der Waals surface area contributed by atoms with Gasteiger partial charge in [0.05, 0.1) is 6.04 Å². The normalized spacial score (nSPS) is 13.3. The van der Waals surface area contributed by atoms with E-state index >= 15 is 0 Å². The Balaban J connectivity index is 2.55. The molecule has 2 unspecified atom stereocenters. The van der Waals surface area contributed by atoms with Gasteiger partial charge in [-0.15, -0.1) is 0 Å². The fourth-order valence-electron chi connectivity index (χ4n) is 1.87. The van der Waals surface area contributed by atoms with Gasteiger partial charge in [0.15, 0.2) is 0 Å². The number of carboxylic acids is 1. The number of carbonyl (C=O) groups excluding carboxylic acids is 2. The molecule has 0 aliphatic carbocycles. The van der Waals surface area contributed by atoms with Gasteiger partial charge < -0.3 is 25.2 Å². The highest BCUT2D eigenvalue weighted by atomic mass is 16.6. The Labute approximate surface area is 146 Å². The topological polar surface area (TPSA) is 114 Å². The van der Waals surface area contributed by atoms with E-state index in [1.807, 2.05) is 18.2 Å². The zero-order valence-electron chi connectivity index (χ0n) is 14.7. The van der Waals surface area contributed by atoms with E-state index in [2.05, 4.69) is 10.6 Å². The van der Waals surface area contributed by atoms with Crippen LogP contribution in [0.25, 0.3) is 0 Å². The number of hydrogen-bond acceptors (Lipinski definition) is 5. The van der Waals surface area contributed by atoms with Gasteiger partial charge in [0, 0.05) is 0 Å². The van der Waals surface area contributed by atoms with Crippen LogP contribution in [0, 0.1) is 0 Å². The number of hydrogen-bond donors (Lipinski definition) is 3. The summed E-state index contributed by atoms with van der Waals surface area (Å²) in [7, 11) is 0. The molecule has 0 spiro atoms. The molecule has 0 aliphatic heterocycles. The van der Waals surface area contributed by atoms with E-state index in [1.54, 1.807) is 32.9 Å². The molecule has 0 saturated carbocycles. The lowest BCUT2D eigenvalue weighted by Gasteiger charge is -2.25. The van der Waals surface area contributed by atoms with Crippen LogP contribution in [0.5, 0.6) is 0 Å². The third-order valence-corrected chi connectivity index (χ3v) is 3.00. The highest BCUT2D eigenvalue weighted by molar-refractivity contribution is 5.81. The molecule has 0 bridgehead atoms. The first-order valence-corrected chi connectivity index (χ1v) is 7.78. The maximum Gasteiger partial charge on any atom is 0.408 e. The Morgan fingerprint density at radius 1 is 1.08 bits per heavy atom. The van der Waals surface area contributed by atoms with Crippen LogP contribution in [0.2, 0.25) is 0 Å². The first-order valence-electron chi connectivity index (χ1n) is 7.78.